The molecular weight excluding hydrogens is 214 g/mol. The van der Waals surface area contributed by atoms with Crippen molar-refractivity contribution in [3.63, 3.8) is 0 Å². The lowest BCUT2D eigenvalue weighted by atomic mass is 10.2. The summed E-state index contributed by atoms with van der Waals surface area (Å²) in [5.41, 5.74) is 7.65. The van der Waals surface area contributed by atoms with Crippen molar-refractivity contribution in [3.8, 4) is 11.5 Å². The fourth-order valence-corrected chi connectivity index (χ4v) is 1.64. The summed E-state index contributed by atoms with van der Waals surface area (Å²) in [4.78, 5) is 0. The maximum atomic E-state index is 5.88. The molecule has 4 heteroatoms. The molecule has 0 atom stereocenters. The van der Waals surface area contributed by atoms with Crippen LogP contribution in [0.15, 0.2) is 30.6 Å². The van der Waals surface area contributed by atoms with Crippen LogP contribution < -0.4 is 10.5 Å². The zero-order valence-corrected chi connectivity index (χ0v) is 10.2. The minimum atomic E-state index is 0.647. The van der Waals surface area contributed by atoms with Crippen molar-refractivity contribution in [3.05, 3.63) is 36.2 Å². The number of anilines is 1. The highest BCUT2D eigenvalue weighted by Crippen LogP contribution is 2.27. The third-order valence-corrected chi connectivity index (χ3v) is 2.46. The number of benzene rings is 1. The molecule has 0 bridgehead atoms. The number of aromatic nitrogens is 2. The largest absolute Gasteiger partial charge is 0.452 e. The monoisotopic (exact) mass is 231 g/mol. The van der Waals surface area contributed by atoms with E-state index in [1.807, 2.05) is 36.0 Å². The van der Waals surface area contributed by atoms with Crippen LogP contribution in [0.5, 0.6) is 11.5 Å². The molecule has 0 unspecified atom stereocenters. The van der Waals surface area contributed by atoms with Crippen LogP contribution in [0.25, 0.3) is 0 Å². The van der Waals surface area contributed by atoms with Gasteiger partial charge in [0.2, 0.25) is 0 Å². The summed E-state index contributed by atoms with van der Waals surface area (Å²) in [6.07, 6.45) is 4.63. The van der Waals surface area contributed by atoms with E-state index in [2.05, 4.69) is 12.0 Å². The first-order chi connectivity index (χ1) is 8.19. The number of ether oxygens (including phenoxy) is 1. The van der Waals surface area contributed by atoms with Crippen molar-refractivity contribution in [1.29, 1.82) is 0 Å². The van der Waals surface area contributed by atoms with Crippen LogP contribution in [0.3, 0.4) is 0 Å². The first-order valence-corrected chi connectivity index (χ1v) is 5.75. The van der Waals surface area contributed by atoms with E-state index in [-0.39, 0.29) is 0 Å². The van der Waals surface area contributed by atoms with Gasteiger partial charge in [-0.1, -0.05) is 13.0 Å². The van der Waals surface area contributed by atoms with Gasteiger partial charge in [0.1, 0.15) is 5.75 Å². The van der Waals surface area contributed by atoms with Crippen molar-refractivity contribution < 1.29 is 4.74 Å². The van der Waals surface area contributed by atoms with Gasteiger partial charge < -0.3 is 10.5 Å². The summed E-state index contributed by atoms with van der Waals surface area (Å²) in [6, 6.07) is 5.75. The van der Waals surface area contributed by atoms with Crippen molar-refractivity contribution in [1.82, 2.24) is 9.78 Å². The molecule has 1 aromatic heterocycles. The Labute approximate surface area is 101 Å². The van der Waals surface area contributed by atoms with Crippen molar-refractivity contribution in [2.75, 3.05) is 5.73 Å². The topological polar surface area (TPSA) is 53.1 Å². The number of nitrogens with zero attached hydrogens (tertiary/aromatic N) is 2. The molecule has 1 aromatic carbocycles. The molecule has 0 aliphatic carbocycles. The van der Waals surface area contributed by atoms with E-state index < -0.39 is 0 Å². The molecule has 0 fully saturated rings. The second-order valence-electron chi connectivity index (χ2n) is 4.08. The SMILES string of the molecule is CCCn1cc(Oc2ccc(C)cc2N)cn1. The Kier molecular flexibility index (Phi) is 3.32. The van der Waals surface area contributed by atoms with Crippen LogP contribution in [-0.4, -0.2) is 9.78 Å². The molecule has 4 nitrogen and oxygen atoms in total. The van der Waals surface area contributed by atoms with Gasteiger partial charge in [-0.05, 0) is 31.0 Å². The summed E-state index contributed by atoms with van der Waals surface area (Å²) in [7, 11) is 0. The lowest BCUT2D eigenvalue weighted by Gasteiger charge is -2.06. The van der Waals surface area contributed by atoms with Crippen LogP contribution in [0.2, 0.25) is 0 Å². The van der Waals surface area contributed by atoms with Gasteiger partial charge in [-0.15, -0.1) is 0 Å². The second kappa shape index (κ2) is 4.91. The third-order valence-electron chi connectivity index (χ3n) is 2.46. The molecule has 2 aromatic rings. The Bertz CT molecular complexity index is 505. The molecule has 1 heterocycles. The molecular formula is C13H17N3O. The standard InChI is InChI=1S/C13H17N3O/c1-3-6-16-9-11(8-15-16)17-13-5-4-10(2)7-12(13)14/h4-5,7-9H,3,6,14H2,1-2H3. The van der Waals surface area contributed by atoms with E-state index in [0.717, 1.165) is 18.5 Å². The molecule has 17 heavy (non-hydrogen) atoms. The average Bonchev–Trinajstić information content (AvgIpc) is 2.71. The highest BCUT2D eigenvalue weighted by atomic mass is 16.5. The molecule has 2 N–H and O–H groups in total. The zero-order chi connectivity index (χ0) is 12.3. The summed E-state index contributed by atoms with van der Waals surface area (Å²) in [6.45, 7) is 5.01. The van der Waals surface area contributed by atoms with E-state index in [9.17, 15) is 0 Å². The van der Waals surface area contributed by atoms with E-state index in [0.29, 0.717) is 17.2 Å². The minimum absolute atomic E-state index is 0.647. The lowest BCUT2D eigenvalue weighted by Crippen LogP contribution is -1.95. The number of hydrogen-bond donors (Lipinski definition) is 1. The zero-order valence-electron chi connectivity index (χ0n) is 10.2. The average molecular weight is 231 g/mol. The summed E-state index contributed by atoms with van der Waals surface area (Å²) < 4.78 is 7.54. The predicted molar refractivity (Wildman–Crippen MR) is 68.2 cm³/mol. The Hall–Kier alpha value is -1.97. The predicted octanol–water partition coefficient (Wildman–Crippen LogP) is 2.98. The van der Waals surface area contributed by atoms with Crippen LogP contribution in [0.1, 0.15) is 18.9 Å². The Morgan fingerprint density at radius 1 is 1.41 bits per heavy atom. The molecule has 0 aliphatic heterocycles. The van der Waals surface area contributed by atoms with Gasteiger partial charge in [0.05, 0.1) is 18.1 Å². The number of nitrogens with two attached hydrogens (primary N) is 1. The molecule has 0 aliphatic rings. The number of nitrogen functional groups attached to an aromatic ring is 1. The van der Waals surface area contributed by atoms with E-state index in [4.69, 9.17) is 10.5 Å². The minimum Gasteiger partial charge on any atom is -0.452 e. The summed E-state index contributed by atoms with van der Waals surface area (Å²) in [5, 5.41) is 4.20. The van der Waals surface area contributed by atoms with Crippen molar-refractivity contribution in [2.24, 2.45) is 0 Å². The van der Waals surface area contributed by atoms with E-state index in [1.165, 1.54) is 0 Å². The molecule has 0 radical (unpaired) electrons. The van der Waals surface area contributed by atoms with Crippen LogP contribution >= 0.6 is 0 Å². The maximum Gasteiger partial charge on any atom is 0.165 e. The van der Waals surface area contributed by atoms with Gasteiger partial charge in [0.25, 0.3) is 0 Å². The quantitative estimate of drug-likeness (QED) is 0.823. The van der Waals surface area contributed by atoms with Crippen LogP contribution in [0, 0.1) is 6.92 Å². The van der Waals surface area contributed by atoms with Gasteiger partial charge in [-0.2, -0.15) is 5.10 Å². The second-order valence-corrected chi connectivity index (χ2v) is 4.08. The number of hydrogen-bond acceptors (Lipinski definition) is 3. The Morgan fingerprint density at radius 2 is 2.24 bits per heavy atom. The van der Waals surface area contributed by atoms with Crippen molar-refractivity contribution >= 4 is 5.69 Å². The molecule has 2 rings (SSSR count). The molecule has 0 saturated carbocycles. The Balaban J connectivity index is 2.13. The van der Waals surface area contributed by atoms with E-state index >= 15 is 0 Å². The highest BCUT2D eigenvalue weighted by molar-refractivity contribution is 5.55. The molecule has 0 spiro atoms. The first kappa shape index (κ1) is 11.5. The fraction of sp³-hybridized carbons (Fsp3) is 0.308. The summed E-state index contributed by atoms with van der Waals surface area (Å²) in [5.74, 6) is 1.39. The summed E-state index contributed by atoms with van der Waals surface area (Å²) >= 11 is 0. The lowest BCUT2D eigenvalue weighted by molar-refractivity contribution is 0.483. The maximum absolute atomic E-state index is 5.88. The smallest absolute Gasteiger partial charge is 0.165 e. The van der Waals surface area contributed by atoms with E-state index in [1.54, 1.807) is 6.20 Å². The molecule has 0 amide bonds. The normalized spacial score (nSPS) is 10.5. The van der Waals surface area contributed by atoms with Crippen molar-refractivity contribution in [2.45, 2.75) is 26.8 Å². The number of rotatable bonds is 4. The van der Waals surface area contributed by atoms with Crippen LogP contribution in [0.4, 0.5) is 5.69 Å². The number of aryl methyl sites for hydroxylation is 2. The third kappa shape index (κ3) is 2.78. The molecule has 0 saturated heterocycles. The highest BCUT2D eigenvalue weighted by Gasteiger charge is 2.04. The van der Waals surface area contributed by atoms with Gasteiger partial charge in [0, 0.05) is 6.54 Å². The van der Waals surface area contributed by atoms with Gasteiger partial charge in [-0.25, -0.2) is 0 Å². The molecule has 90 valence electrons. The van der Waals surface area contributed by atoms with Gasteiger partial charge >= 0.3 is 0 Å². The first-order valence-electron chi connectivity index (χ1n) is 5.75. The van der Waals surface area contributed by atoms with Gasteiger partial charge in [0.15, 0.2) is 5.75 Å². The Morgan fingerprint density at radius 3 is 2.94 bits per heavy atom. The fourth-order valence-electron chi connectivity index (χ4n) is 1.64. The van der Waals surface area contributed by atoms with Gasteiger partial charge in [-0.3, -0.25) is 4.68 Å². The van der Waals surface area contributed by atoms with Crippen LogP contribution in [-0.2, 0) is 6.54 Å².